The minimum absolute atomic E-state index is 0.0306. The number of aliphatic imine (C=N–C) groups is 1. The van der Waals surface area contributed by atoms with Crippen LogP contribution in [0.15, 0.2) is 35.3 Å². The third kappa shape index (κ3) is 17.2. The van der Waals surface area contributed by atoms with Crippen molar-refractivity contribution in [2.75, 3.05) is 18.1 Å². The first kappa shape index (κ1) is 44.9. The molecule has 0 saturated carbocycles. The van der Waals surface area contributed by atoms with E-state index in [0.717, 1.165) is 0 Å². The highest BCUT2D eigenvalue weighted by molar-refractivity contribution is 7.80. The van der Waals surface area contributed by atoms with E-state index in [2.05, 4.69) is 56.8 Å². The molecule has 0 heterocycles. The standard InChI is InChI=1S/C30H47N11O9S2/c31-16(13-51)24(44)39-19(11-15-5-2-1-3-6-15)27(47)38-18(8-9-22(32)42)26(46)40-20(12-23(33)43)28(48)37-17(7-4-10-36-30(34)35)25(45)41-21(14-52)29(49)50/h1-3,5-6,16-21,51-52H,4,7-14,31H2,(H2,32,42)(H2,33,43)(H,37,48)(H,38,47)(H,39,44)(H,40,46)(H,41,45)(H,49,50)(H4,34,35,36)/t16-,17-,18-,19-,20-,21-/m0/s1. The van der Waals surface area contributed by atoms with Gasteiger partial charge in [0, 0.05) is 30.9 Å². The molecule has 0 aliphatic rings. The summed E-state index contributed by atoms with van der Waals surface area (Å²) in [5.74, 6) is -8.46. The first-order valence-corrected chi connectivity index (χ1v) is 17.1. The lowest BCUT2D eigenvalue weighted by Crippen LogP contribution is -2.60. The molecule has 52 heavy (non-hydrogen) atoms. The smallest absolute Gasteiger partial charge is 0.327 e. The minimum Gasteiger partial charge on any atom is -0.480 e. The van der Waals surface area contributed by atoms with Gasteiger partial charge in [-0.05, 0) is 24.8 Å². The third-order valence-electron chi connectivity index (χ3n) is 7.18. The molecule has 288 valence electrons. The average molecular weight is 770 g/mol. The molecule has 20 nitrogen and oxygen atoms in total. The highest BCUT2D eigenvalue weighted by atomic mass is 32.1. The van der Waals surface area contributed by atoms with E-state index >= 15 is 0 Å². The van der Waals surface area contributed by atoms with Crippen molar-refractivity contribution in [1.29, 1.82) is 0 Å². The number of primary amides is 2. The van der Waals surface area contributed by atoms with Crippen LogP contribution in [0.5, 0.6) is 0 Å². The quantitative estimate of drug-likeness (QED) is 0.0204. The number of carbonyl (C=O) groups excluding carboxylic acids is 7. The van der Waals surface area contributed by atoms with Crippen LogP contribution in [0.1, 0.15) is 37.7 Å². The number of aliphatic carboxylic acids is 1. The van der Waals surface area contributed by atoms with E-state index in [1.807, 2.05) is 0 Å². The fourth-order valence-corrected chi connectivity index (χ4v) is 4.85. The molecule has 1 aromatic carbocycles. The van der Waals surface area contributed by atoms with Gasteiger partial charge in [-0.3, -0.25) is 38.6 Å². The predicted molar refractivity (Wildman–Crippen MR) is 195 cm³/mol. The molecule has 0 fully saturated rings. The second kappa shape index (κ2) is 23.4. The van der Waals surface area contributed by atoms with E-state index in [9.17, 15) is 43.5 Å². The molecule has 0 saturated heterocycles. The maximum absolute atomic E-state index is 13.6. The summed E-state index contributed by atoms with van der Waals surface area (Å²) in [6.45, 7) is 0.0336. The van der Waals surface area contributed by atoms with Gasteiger partial charge in [-0.25, -0.2) is 4.79 Å². The summed E-state index contributed by atoms with van der Waals surface area (Å²) in [5, 5.41) is 21.2. The van der Waals surface area contributed by atoms with Crippen LogP contribution in [-0.2, 0) is 44.8 Å². The molecule has 1 rings (SSSR count). The summed E-state index contributed by atoms with van der Waals surface area (Å²) < 4.78 is 0. The van der Waals surface area contributed by atoms with Crippen molar-refractivity contribution in [2.45, 2.75) is 74.8 Å². The summed E-state index contributed by atoms with van der Waals surface area (Å²) in [7, 11) is 0. The monoisotopic (exact) mass is 769 g/mol. The Morgan fingerprint density at radius 3 is 1.65 bits per heavy atom. The van der Waals surface area contributed by atoms with E-state index in [0.29, 0.717) is 5.56 Å². The van der Waals surface area contributed by atoms with E-state index in [4.69, 9.17) is 28.7 Å². The molecule has 6 atom stereocenters. The number of rotatable bonds is 24. The lowest BCUT2D eigenvalue weighted by molar-refractivity contribution is -0.141. The van der Waals surface area contributed by atoms with Crippen LogP contribution >= 0.6 is 25.3 Å². The van der Waals surface area contributed by atoms with Crippen LogP contribution in [0, 0.1) is 0 Å². The topological polar surface area (TPSA) is 359 Å². The van der Waals surface area contributed by atoms with Gasteiger partial charge in [-0.1, -0.05) is 30.3 Å². The van der Waals surface area contributed by atoms with Crippen molar-refractivity contribution in [2.24, 2.45) is 33.7 Å². The molecule has 0 aliphatic carbocycles. The Kier molecular flexibility index (Phi) is 20.2. The van der Waals surface area contributed by atoms with Crippen molar-refractivity contribution >= 4 is 78.5 Å². The average Bonchev–Trinajstić information content (AvgIpc) is 3.08. The van der Waals surface area contributed by atoms with Gasteiger partial charge < -0.3 is 60.4 Å². The Morgan fingerprint density at radius 2 is 1.15 bits per heavy atom. The number of guanidine groups is 1. The van der Waals surface area contributed by atoms with Crippen molar-refractivity contribution in [3.63, 3.8) is 0 Å². The van der Waals surface area contributed by atoms with Crippen LogP contribution in [0.3, 0.4) is 0 Å². The Balaban J connectivity index is 3.34. The number of hydrogen-bond acceptors (Lipinski definition) is 12. The fourth-order valence-electron chi connectivity index (χ4n) is 4.43. The van der Waals surface area contributed by atoms with Gasteiger partial charge in [0.15, 0.2) is 5.96 Å². The number of thiol groups is 2. The number of carboxylic acids is 1. The highest BCUT2D eigenvalue weighted by Gasteiger charge is 2.33. The summed E-state index contributed by atoms with van der Waals surface area (Å²) in [4.78, 5) is 105. The van der Waals surface area contributed by atoms with Gasteiger partial charge >= 0.3 is 5.97 Å². The molecule has 16 N–H and O–H groups in total. The van der Waals surface area contributed by atoms with E-state index in [1.165, 1.54) is 0 Å². The van der Waals surface area contributed by atoms with Gasteiger partial charge in [0.2, 0.25) is 41.4 Å². The molecule has 7 amide bonds. The zero-order valence-corrected chi connectivity index (χ0v) is 29.9. The SMILES string of the molecule is NC(=O)CC[C@H](NC(=O)[C@H](Cc1ccccc1)NC(=O)[C@@H](N)CS)C(=O)N[C@@H](CC(N)=O)C(=O)N[C@@H](CCCN=C(N)N)C(=O)N[C@@H](CS)C(=O)O. The lowest BCUT2D eigenvalue weighted by Gasteiger charge is -2.27. The summed E-state index contributed by atoms with van der Waals surface area (Å²) >= 11 is 7.91. The molecular formula is C30H47N11O9S2. The number of carbonyl (C=O) groups is 8. The fraction of sp³-hybridized carbons (Fsp3) is 0.500. The molecule has 0 unspecified atom stereocenters. The molecule has 0 aromatic heterocycles. The van der Waals surface area contributed by atoms with Gasteiger partial charge in [-0.2, -0.15) is 25.3 Å². The third-order valence-corrected chi connectivity index (χ3v) is 7.93. The molecule has 1 aromatic rings. The maximum atomic E-state index is 13.6. The van der Waals surface area contributed by atoms with Gasteiger partial charge in [0.05, 0.1) is 12.5 Å². The van der Waals surface area contributed by atoms with Crippen LogP contribution in [0.4, 0.5) is 0 Å². The molecular weight excluding hydrogens is 723 g/mol. The van der Waals surface area contributed by atoms with Gasteiger partial charge in [0.25, 0.3) is 0 Å². The molecule has 0 bridgehead atoms. The van der Waals surface area contributed by atoms with Crippen molar-refractivity contribution in [1.82, 2.24) is 26.6 Å². The highest BCUT2D eigenvalue weighted by Crippen LogP contribution is 2.08. The van der Waals surface area contributed by atoms with Crippen molar-refractivity contribution in [3.8, 4) is 0 Å². The second-order valence-electron chi connectivity index (χ2n) is 11.4. The Morgan fingerprint density at radius 1 is 0.654 bits per heavy atom. The first-order valence-electron chi connectivity index (χ1n) is 15.9. The summed E-state index contributed by atoms with van der Waals surface area (Å²) in [5.41, 5.74) is 27.7. The Labute approximate surface area is 310 Å². The normalized spacial score (nSPS) is 14.1. The van der Waals surface area contributed by atoms with Crippen LogP contribution < -0.4 is 55.3 Å². The molecule has 22 heteroatoms. The number of amides is 7. The van der Waals surface area contributed by atoms with E-state index in [-0.39, 0.29) is 49.7 Å². The summed E-state index contributed by atoms with van der Waals surface area (Å²) in [6.07, 6.45) is -1.57. The van der Waals surface area contributed by atoms with Crippen LogP contribution in [-0.4, -0.2) is 113 Å². The lowest BCUT2D eigenvalue weighted by atomic mass is 10.0. The predicted octanol–water partition coefficient (Wildman–Crippen LogP) is -4.88. The number of nitrogens with one attached hydrogen (secondary N) is 5. The molecule has 0 radical (unpaired) electrons. The van der Waals surface area contributed by atoms with E-state index in [1.54, 1.807) is 30.3 Å². The second-order valence-corrected chi connectivity index (χ2v) is 12.2. The number of benzene rings is 1. The molecule has 0 aliphatic heterocycles. The van der Waals surface area contributed by atoms with Crippen LogP contribution in [0.2, 0.25) is 0 Å². The zero-order valence-electron chi connectivity index (χ0n) is 28.2. The van der Waals surface area contributed by atoms with E-state index < -0.39 is 96.4 Å². The first-order chi connectivity index (χ1) is 24.5. The van der Waals surface area contributed by atoms with Gasteiger partial charge in [0.1, 0.15) is 30.2 Å². The largest absolute Gasteiger partial charge is 0.480 e. The van der Waals surface area contributed by atoms with Crippen LogP contribution in [0.25, 0.3) is 0 Å². The number of carboxylic acid groups (broad SMARTS) is 1. The Bertz CT molecular complexity index is 1450. The Hall–Kier alpha value is -5.09. The number of nitrogens with two attached hydrogens (primary N) is 5. The van der Waals surface area contributed by atoms with Gasteiger partial charge in [-0.15, -0.1) is 0 Å². The maximum Gasteiger partial charge on any atom is 0.327 e. The minimum atomic E-state index is -1.72. The van der Waals surface area contributed by atoms with Crippen molar-refractivity contribution < 1.29 is 43.5 Å². The molecule has 0 spiro atoms. The zero-order chi connectivity index (χ0) is 39.4. The number of hydrogen-bond donors (Lipinski definition) is 13. The summed E-state index contributed by atoms with van der Waals surface area (Å²) in [6, 6.07) is 0.132. The van der Waals surface area contributed by atoms with Crippen molar-refractivity contribution in [3.05, 3.63) is 35.9 Å². The number of nitrogens with zero attached hydrogens (tertiary/aromatic N) is 1.